The number of nitrogens with one attached hydrogen (secondary N) is 1. The highest BCUT2D eigenvalue weighted by atomic mass is 32.1. The van der Waals surface area contributed by atoms with Crippen LogP contribution in [0.2, 0.25) is 0 Å². The molecule has 1 saturated heterocycles. The first-order chi connectivity index (χ1) is 7.53. The molecule has 1 heterocycles. The number of carbonyl (C=O) groups is 1. The lowest BCUT2D eigenvalue weighted by molar-refractivity contribution is -0.125. The fraction of sp³-hybridized carbons (Fsp3) is 0.917. The number of hydrogen-bond donors (Lipinski definition) is 2. The molecule has 0 radical (unpaired) electrons. The molecule has 0 saturated carbocycles. The zero-order chi connectivity index (χ0) is 12.2. The van der Waals surface area contributed by atoms with Crippen LogP contribution in [-0.4, -0.2) is 29.4 Å². The van der Waals surface area contributed by atoms with Crippen LogP contribution in [0.5, 0.6) is 0 Å². The number of amides is 1. The fourth-order valence-corrected chi connectivity index (χ4v) is 2.29. The molecule has 1 aliphatic rings. The van der Waals surface area contributed by atoms with Gasteiger partial charge in [0, 0.05) is 12.6 Å². The highest BCUT2D eigenvalue weighted by Gasteiger charge is 2.35. The number of rotatable bonds is 4. The van der Waals surface area contributed by atoms with Crippen molar-refractivity contribution in [3.05, 3.63) is 0 Å². The first-order valence-electron chi connectivity index (χ1n) is 6.15. The average Bonchev–Trinajstić information content (AvgIpc) is 2.29. The summed E-state index contributed by atoms with van der Waals surface area (Å²) in [6, 6.07) is 0.246. The number of thiol groups is 1. The molecule has 1 fully saturated rings. The van der Waals surface area contributed by atoms with Gasteiger partial charge >= 0.3 is 0 Å². The van der Waals surface area contributed by atoms with Crippen LogP contribution in [0.3, 0.4) is 0 Å². The molecule has 1 amide bonds. The van der Waals surface area contributed by atoms with E-state index in [-0.39, 0.29) is 22.8 Å². The lowest BCUT2D eigenvalue weighted by atomic mass is 9.86. The largest absolute Gasteiger partial charge is 0.375 e. The highest BCUT2D eigenvalue weighted by molar-refractivity contribution is 7.81. The molecule has 2 unspecified atom stereocenters. The number of ether oxygens (including phenoxy) is 1. The summed E-state index contributed by atoms with van der Waals surface area (Å²) in [7, 11) is 0. The van der Waals surface area contributed by atoms with Gasteiger partial charge in [0.15, 0.2) is 0 Å². The van der Waals surface area contributed by atoms with Gasteiger partial charge in [0.25, 0.3) is 0 Å². The van der Waals surface area contributed by atoms with Gasteiger partial charge in [0.2, 0.25) is 5.91 Å². The molecule has 0 aromatic heterocycles. The molecule has 0 aromatic carbocycles. The summed E-state index contributed by atoms with van der Waals surface area (Å²) in [5, 5.41) is 2.81. The third-order valence-electron chi connectivity index (χ3n) is 3.51. The molecule has 0 aliphatic carbocycles. The van der Waals surface area contributed by atoms with Gasteiger partial charge < -0.3 is 10.1 Å². The van der Waals surface area contributed by atoms with Gasteiger partial charge in [0.05, 0.1) is 10.9 Å². The van der Waals surface area contributed by atoms with Crippen molar-refractivity contribution in [3.63, 3.8) is 0 Å². The minimum atomic E-state index is -0.236. The van der Waals surface area contributed by atoms with E-state index >= 15 is 0 Å². The second-order valence-electron chi connectivity index (χ2n) is 4.61. The van der Waals surface area contributed by atoms with Crippen LogP contribution in [0.15, 0.2) is 0 Å². The van der Waals surface area contributed by atoms with Crippen molar-refractivity contribution in [2.45, 2.75) is 63.3 Å². The van der Waals surface area contributed by atoms with Crippen molar-refractivity contribution in [1.29, 1.82) is 0 Å². The van der Waals surface area contributed by atoms with E-state index in [1.54, 1.807) is 6.92 Å². The van der Waals surface area contributed by atoms with Crippen LogP contribution in [0.1, 0.15) is 46.5 Å². The van der Waals surface area contributed by atoms with Crippen molar-refractivity contribution >= 4 is 18.5 Å². The van der Waals surface area contributed by atoms with Crippen molar-refractivity contribution in [2.24, 2.45) is 0 Å². The zero-order valence-corrected chi connectivity index (χ0v) is 11.3. The van der Waals surface area contributed by atoms with Crippen molar-refractivity contribution in [3.8, 4) is 0 Å². The molecular formula is C12H23NO2S. The number of carbonyl (C=O) groups excluding carboxylic acids is 1. The summed E-state index contributed by atoms with van der Waals surface area (Å²) in [6.45, 7) is 6.84. The van der Waals surface area contributed by atoms with Crippen LogP contribution in [0, 0.1) is 0 Å². The maximum absolute atomic E-state index is 11.6. The van der Waals surface area contributed by atoms with E-state index in [1.807, 2.05) is 0 Å². The molecule has 4 heteroatoms. The topological polar surface area (TPSA) is 38.3 Å². The van der Waals surface area contributed by atoms with Gasteiger partial charge in [-0.2, -0.15) is 12.6 Å². The maximum atomic E-state index is 11.6. The van der Waals surface area contributed by atoms with Crippen LogP contribution in [-0.2, 0) is 9.53 Å². The van der Waals surface area contributed by atoms with E-state index in [4.69, 9.17) is 4.74 Å². The quantitative estimate of drug-likeness (QED) is 0.745. The Morgan fingerprint density at radius 1 is 1.56 bits per heavy atom. The van der Waals surface area contributed by atoms with Gasteiger partial charge in [-0.1, -0.05) is 13.8 Å². The predicted molar refractivity (Wildman–Crippen MR) is 68.9 cm³/mol. The molecular weight excluding hydrogens is 222 g/mol. The van der Waals surface area contributed by atoms with E-state index in [0.29, 0.717) is 0 Å². The summed E-state index contributed by atoms with van der Waals surface area (Å²) >= 11 is 4.14. The summed E-state index contributed by atoms with van der Waals surface area (Å²) in [5.74, 6) is 0.0244. The first-order valence-corrected chi connectivity index (χ1v) is 6.67. The minimum Gasteiger partial charge on any atom is -0.375 e. The fourth-order valence-electron chi connectivity index (χ4n) is 2.22. The Balaban J connectivity index is 2.53. The monoisotopic (exact) mass is 245 g/mol. The smallest absolute Gasteiger partial charge is 0.232 e. The molecule has 1 aliphatic heterocycles. The normalized spacial score (nSPS) is 26.1. The summed E-state index contributed by atoms with van der Waals surface area (Å²) < 4.78 is 5.87. The zero-order valence-electron chi connectivity index (χ0n) is 10.5. The molecule has 1 N–H and O–H groups in total. The van der Waals surface area contributed by atoms with Gasteiger partial charge in [-0.3, -0.25) is 4.79 Å². The Bertz CT molecular complexity index is 239. The van der Waals surface area contributed by atoms with Crippen LogP contribution >= 0.6 is 12.6 Å². The van der Waals surface area contributed by atoms with Gasteiger partial charge in [-0.05, 0) is 32.6 Å². The molecule has 16 heavy (non-hydrogen) atoms. The van der Waals surface area contributed by atoms with Crippen LogP contribution < -0.4 is 5.32 Å². The molecule has 2 atom stereocenters. The predicted octanol–water partition coefficient (Wildman–Crippen LogP) is 2.16. The maximum Gasteiger partial charge on any atom is 0.232 e. The van der Waals surface area contributed by atoms with E-state index in [9.17, 15) is 4.79 Å². The molecule has 0 spiro atoms. The molecule has 3 nitrogen and oxygen atoms in total. The van der Waals surface area contributed by atoms with Gasteiger partial charge in [0.1, 0.15) is 0 Å². The van der Waals surface area contributed by atoms with Crippen molar-refractivity contribution in [1.82, 2.24) is 5.32 Å². The highest BCUT2D eigenvalue weighted by Crippen LogP contribution is 2.31. The van der Waals surface area contributed by atoms with Crippen LogP contribution in [0.25, 0.3) is 0 Å². The van der Waals surface area contributed by atoms with Gasteiger partial charge in [-0.25, -0.2) is 0 Å². The van der Waals surface area contributed by atoms with Crippen LogP contribution in [0.4, 0.5) is 0 Å². The number of hydrogen-bond acceptors (Lipinski definition) is 3. The summed E-state index contributed by atoms with van der Waals surface area (Å²) in [4.78, 5) is 11.6. The third-order valence-corrected chi connectivity index (χ3v) is 3.74. The molecule has 1 rings (SSSR count). The minimum absolute atomic E-state index is 0.0244. The summed E-state index contributed by atoms with van der Waals surface area (Å²) in [5.41, 5.74) is -0.0317. The molecule has 0 aromatic rings. The van der Waals surface area contributed by atoms with Crippen molar-refractivity contribution < 1.29 is 9.53 Å². The van der Waals surface area contributed by atoms with E-state index in [2.05, 4.69) is 31.8 Å². The van der Waals surface area contributed by atoms with E-state index < -0.39 is 0 Å². The van der Waals surface area contributed by atoms with E-state index in [1.165, 1.54) is 0 Å². The molecule has 0 bridgehead atoms. The Morgan fingerprint density at radius 3 is 2.69 bits per heavy atom. The molecule has 94 valence electrons. The third kappa shape index (κ3) is 3.39. The lowest BCUT2D eigenvalue weighted by Crippen LogP contribution is -2.49. The second-order valence-corrected chi connectivity index (χ2v) is 5.39. The van der Waals surface area contributed by atoms with Crippen molar-refractivity contribution in [2.75, 3.05) is 6.61 Å². The Morgan fingerprint density at radius 2 is 2.19 bits per heavy atom. The first kappa shape index (κ1) is 13.8. The van der Waals surface area contributed by atoms with E-state index in [0.717, 1.165) is 32.3 Å². The Labute approximate surface area is 104 Å². The SMILES string of the molecule is CCC1(CC)CC(NC(=O)C(C)S)CCO1. The Kier molecular flexibility index (Phi) is 5.12. The Hall–Kier alpha value is -0.220. The van der Waals surface area contributed by atoms with Gasteiger partial charge in [-0.15, -0.1) is 0 Å². The standard InChI is InChI=1S/C12H23NO2S/c1-4-12(5-2)8-10(6-7-15-12)13-11(14)9(3)16/h9-10,16H,4-8H2,1-3H3,(H,13,14). The second kappa shape index (κ2) is 5.92. The average molecular weight is 245 g/mol. The summed E-state index contributed by atoms with van der Waals surface area (Å²) in [6.07, 6.45) is 3.85. The lowest BCUT2D eigenvalue weighted by Gasteiger charge is -2.40.